The first-order chi connectivity index (χ1) is 14.3. The van der Waals surface area contributed by atoms with Gasteiger partial charge in [-0.3, -0.25) is 14.4 Å². The molecule has 2 heterocycles. The number of amides is 2. The van der Waals surface area contributed by atoms with E-state index < -0.39 is 5.60 Å². The molecule has 1 saturated heterocycles. The quantitative estimate of drug-likeness (QED) is 0.808. The van der Waals surface area contributed by atoms with E-state index in [1.165, 1.54) is 6.92 Å². The standard InChI is InChI=1S/C23H23ClN2O4/c1-15(27)25-18-5-2-16(3-6-18)12-22(29)26-10-8-23(9-11-26)14-20(28)19-13-17(24)4-7-21(19)30-23/h2-7,13H,8-12,14H2,1H3,(H,25,27). The van der Waals surface area contributed by atoms with Crippen LogP contribution in [0.2, 0.25) is 5.02 Å². The third kappa shape index (κ3) is 4.33. The average Bonchev–Trinajstić information content (AvgIpc) is 2.70. The van der Waals surface area contributed by atoms with Crippen molar-refractivity contribution < 1.29 is 19.1 Å². The third-order valence-electron chi connectivity index (χ3n) is 5.71. The van der Waals surface area contributed by atoms with Gasteiger partial charge >= 0.3 is 0 Å². The lowest BCUT2D eigenvalue weighted by molar-refractivity contribution is -0.134. The maximum Gasteiger partial charge on any atom is 0.226 e. The van der Waals surface area contributed by atoms with Crippen LogP contribution < -0.4 is 10.1 Å². The number of anilines is 1. The normalized spacial score (nSPS) is 17.3. The monoisotopic (exact) mass is 426 g/mol. The molecule has 2 aliphatic heterocycles. The van der Waals surface area contributed by atoms with Crippen LogP contribution in [0.4, 0.5) is 5.69 Å². The molecule has 0 atom stereocenters. The van der Waals surface area contributed by atoms with Crippen molar-refractivity contribution >= 4 is 34.9 Å². The van der Waals surface area contributed by atoms with Crippen molar-refractivity contribution in [3.63, 3.8) is 0 Å². The Balaban J connectivity index is 1.36. The molecule has 0 bridgehead atoms. The van der Waals surface area contributed by atoms with Crippen molar-refractivity contribution in [2.24, 2.45) is 0 Å². The molecule has 0 aliphatic carbocycles. The maximum atomic E-state index is 12.7. The Morgan fingerprint density at radius 1 is 1.13 bits per heavy atom. The van der Waals surface area contributed by atoms with E-state index in [1.807, 2.05) is 17.0 Å². The Morgan fingerprint density at radius 3 is 2.50 bits per heavy atom. The van der Waals surface area contributed by atoms with Gasteiger partial charge in [0.05, 0.1) is 18.4 Å². The molecule has 1 spiro atoms. The van der Waals surface area contributed by atoms with Gasteiger partial charge in [0.15, 0.2) is 5.78 Å². The first-order valence-electron chi connectivity index (χ1n) is 10.00. The zero-order valence-electron chi connectivity index (χ0n) is 16.7. The number of likely N-dealkylation sites (tertiary alicyclic amines) is 1. The Bertz CT molecular complexity index is 995. The molecule has 0 unspecified atom stereocenters. The summed E-state index contributed by atoms with van der Waals surface area (Å²) in [6.45, 7) is 2.57. The number of nitrogens with zero attached hydrogens (tertiary/aromatic N) is 1. The van der Waals surface area contributed by atoms with Gasteiger partial charge in [0.2, 0.25) is 11.8 Å². The molecule has 1 fully saturated rings. The number of hydrogen-bond donors (Lipinski definition) is 1. The highest BCUT2D eigenvalue weighted by molar-refractivity contribution is 6.31. The number of benzene rings is 2. The van der Waals surface area contributed by atoms with E-state index in [-0.39, 0.29) is 17.6 Å². The van der Waals surface area contributed by atoms with Crippen molar-refractivity contribution in [3.8, 4) is 5.75 Å². The van der Waals surface area contributed by atoms with Gasteiger partial charge < -0.3 is 15.0 Å². The molecule has 156 valence electrons. The van der Waals surface area contributed by atoms with Crippen LogP contribution in [-0.4, -0.2) is 41.2 Å². The maximum absolute atomic E-state index is 12.7. The van der Waals surface area contributed by atoms with Crippen molar-refractivity contribution in [1.82, 2.24) is 4.90 Å². The van der Waals surface area contributed by atoms with Crippen LogP contribution in [0.25, 0.3) is 0 Å². The van der Waals surface area contributed by atoms with E-state index >= 15 is 0 Å². The summed E-state index contributed by atoms with van der Waals surface area (Å²) in [6, 6.07) is 12.4. The van der Waals surface area contributed by atoms with E-state index in [0.717, 1.165) is 5.56 Å². The summed E-state index contributed by atoms with van der Waals surface area (Å²) < 4.78 is 6.23. The third-order valence-corrected chi connectivity index (χ3v) is 5.94. The molecule has 2 aromatic carbocycles. The van der Waals surface area contributed by atoms with Gasteiger partial charge in [-0.25, -0.2) is 0 Å². The highest BCUT2D eigenvalue weighted by atomic mass is 35.5. The average molecular weight is 427 g/mol. The predicted octanol–water partition coefficient (Wildman–Crippen LogP) is 3.87. The smallest absolute Gasteiger partial charge is 0.226 e. The number of Topliss-reactive ketones (excluding diaryl/α,β-unsaturated/α-hetero) is 1. The number of halogens is 1. The van der Waals surface area contributed by atoms with Crippen molar-refractivity contribution in [2.45, 2.75) is 38.2 Å². The number of carbonyl (C=O) groups excluding carboxylic acids is 3. The van der Waals surface area contributed by atoms with Gasteiger partial charge in [0, 0.05) is 43.6 Å². The number of ether oxygens (including phenoxy) is 1. The molecule has 2 aromatic rings. The molecule has 6 nitrogen and oxygen atoms in total. The topological polar surface area (TPSA) is 75.7 Å². The Hall–Kier alpha value is -2.86. The van der Waals surface area contributed by atoms with Gasteiger partial charge in [-0.1, -0.05) is 23.7 Å². The second-order valence-electron chi connectivity index (χ2n) is 7.96. The Morgan fingerprint density at radius 2 is 1.83 bits per heavy atom. The lowest BCUT2D eigenvalue weighted by atomic mass is 9.82. The van der Waals surface area contributed by atoms with E-state index in [0.29, 0.717) is 60.8 Å². The fourth-order valence-electron chi connectivity index (χ4n) is 4.10. The molecule has 30 heavy (non-hydrogen) atoms. The Labute approximate surface area is 180 Å². The summed E-state index contributed by atoms with van der Waals surface area (Å²) in [4.78, 5) is 38.3. The van der Waals surface area contributed by atoms with Crippen LogP contribution in [0.5, 0.6) is 5.75 Å². The molecular weight excluding hydrogens is 404 g/mol. The van der Waals surface area contributed by atoms with Gasteiger partial charge in [0.25, 0.3) is 0 Å². The van der Waals surface area contributed by atoms with Gasteiger partial charge in [-0.05, 0) is 35.9 Å². The van der Waals surface area contributed by atoms with E-state index in [4.69, 9.17) is 16.3 Å². The molecule has 4 rings (SSSR count). The first kappa shape index (κ1) is 20.4. The fraction of sp³-hybridized carbons (Fsp3) is 0.348. The first-order valence-corrected chi connectivity index (χ1v) is 10.4. The summed E-state index contributed by atoms with van der Waals surface area (Å²) in [5.41, 5.74) is 1.59. The van der Waals surface area contributed by atoms with Gasteiger partial charge in [0.1, 0.15) is 11.4 Å². The van der Waals surface area contributed by atoms with E-state index in [2.05, 4.69) is 5.32 Å². The molecule has 0 saturated carbocycles. The van der Waals surface area contributed by atoms with Crippen LogP contribution in [0.1, 0.15) is 42.1 Å². The summed E-state index contributed by atoms with van der Waals surface area (Å²) in [5.74, 6) is 0.536. The number of fused-ring (bicyclic) bond motifs is 1. The number of rotatable bonds is 3. The summed E-state index contributed by atoms with van der Waals surface area (Å²) in [7, 11) is 0. The molecule has 2 aliphatic rings. The molecular formula is C23H23ClN2O4. The van der Waals surface area contributed by atoms with E-state index in [1.54, 1.807) is 30.3 Å². The van der Waals surface area contributed by atoms with Crippen molar-refractivity contribution in [3.05, 3.63) is 58.6 Å². The van der Waals surface area contributed by atoms with Crippen molar-refractivity contribution in [2.75, 3.05) is 18.4 Å². The fourth-order valence-corrected chi connectivity index (χ4v) is 4.28. The minimum absolute atomic E-state index is 0.0396. The molecule has 2 amide bonds. The van der Waals surface area contributed by atoms with Crippen LogP contribution in [0, 0.1) is 0 Å². The largest absolute Gasteiger partial charge is 0.486 e. The van der Waals surface area contributed by atoms with Crippen LogP contribution in [0.3, 0.4) is 0 Å². The minimum atomic E-state index is -0.547. The van der Waals surface area contributed by atoms with E-state index in [9.17, 15) is 14.4 Å². The lowest BCUT2D eigenvalue weighted by Crippen LogP contribution is -2.52. The van der Waals surface area contributed by atoms with Crippen LogP contribution >= 0.6 is 11.6 Å². The number of hydrogen-bond acceptors (Lipinski definition) is 4. The number of nitrogens with one attached hydrogen (secondary N) is 1. The SMILES string of the molecule is CC(=O)Nc1ccc(CC(=O)N2CCC3(CC2)CC(=O)c2cc(Cl)ccc2O3)cc1. The Kier molecular flexibility index (Phi) is 5.52. The van der Waals surface area contributed by atoms with Crippen molar-refractivity contribution in [1.29, 1.82) is 0 Å². The summed E-state index contributed by atoms with van der Waals surface area (Å²) in [6.07, 6.45) is 1.85. The van der Waals surface area contributed by atoms with Crippen LogP contribution in [-0.2, 0) is 16.0 Å². The highest BCUT2D eigenvalue weighted by Crippen LogP contribution is 2.40. The lowest BCUT2D eigenvalue weighted by Gasteiger charge is -2.44. The zero-order valence-corrected chi connectivity index (χ0v) is 17.5. The molecule has 7 heteroatoms. The number of ketones is 1. The second kappa shape index (κ2) is 8.11. The molecule has 0 aromatic heterocycles. The number of carbonyl (C=O) groups is 3. The second-order valence-corrected chi connectivity index (χ2v) is 8.40. The minimum Gasteiger partial charge on any atom is -0.486 e. The highest BCUT2D eigenvalue weighted by Gasteiger charge is 2.43. The molecule has 1 N–H and O–H groups in total. The number of piperidine rings is 1. The van der Waals surface area contributed by atoms with Gasteiger partial charge in [-0.15, -0.1) is 0 Å². The predicted molar refractivity (Wildman–Crippen MR) is 114 cm³/mol. The van der Waals surface area contributed by atoms with Gasteiger partial charge in [-0.2, -0.15) is 0 Å². The zero-order chi connectivity index (χ0) is 21.3. The van der Waals surface area contributed by atoms with Crippen LogP contribution in [0.15, 0.2) is 42.5 Å². The molecule has 0 radical (unpaired) electrons. The summed E-state index contributed by atoms with van der Waals surface area (Å²) >= 11 is 6.00. The summed E-state index contributed by atoms with van der Waals surface area (Å²) in [5, 5.41) is 3.23.